The van der Waals surface area contributed by atoms with Gasteiger partial charge in [0.15, 0.2) is 0 Å². The van der Waals surface area contributed by atoms with Gasteiger partial charge in [-0.1, -0.05) is 36.6 Å². The average Bonchev–Trinajstić information content (AvgIpc) is 2.99. The molecule has 1 aliphatic heterocycles. The quantitative estimate of drug-likeness (QED) is 0.744. The molecule has 6 nitrogen and oxygen atoms in total. The van der Waals surface area contributed by atoms with Crippen LogP contribution in [0, 0.1) is 0 Å². The largest absolute Gasteiger partial charge is 0.307 e. The Morgan fingerprint density at radius 3 is 2.32 bits per heavy atom. The molecule has 0 spiro atoms. The van der Waals surface area contributed by atoms with E-state index in [1.165, 1.54) is 12.3 Å². The first-order valence-electron chi connectivity index (χ1n) is 9.16. The highest BCUT2D eigenvalue weighted by Gasteiger charge is 2.24. The highest BCUT2D eigenvalue weighted by atomic mass is 35.5. The number of hydrogen-bond donors (Lipinski definition) is 1. The summed E-state index contributed by atoms with van der Waals surface area (Å²) >= 11 is 5.76. The zero-order valence-corrected chi connectivity index (χ0v) is 16.9. The van der Waals surface area contributed by atoms with E-state index >= 15 is 0 Å². The summed E-state index contributed by atoms with van der Waals surface area (Å²) in [4.78, 5) is 16.2. The van der Waals surface area contributed by atoms with Gasteiger partial charge in [-0.15, -0.1) is 0 Å². The van der Waals surface area contributed by atoms with Crippen LogP contribution < -0.4 is 5.32 Å². The molecule has 2 aromatic rings. The summed E-state index contributed by atoms with van der Waals surface area (Å²) < 4.78 is 27.1. The van der Waals surface area contributed by atoms with Crippen LogP contribution in [0.2, 0.25) is 5.02 Å². The normalized spacial score (nSPS) is 16.0. The molecular weight excluding hydrogens is 398 g/mol. The SMILES string of the molecule is O=C(/C=C/c1ccc(S(=O)(=O)N2CCCCCC2)cc1)Nc1ccc(Cl)cn1. The van der Waals surface area contributed by atoms with Crippen LogP contribution in [-0.4, -0.2) is 36.7 Å². The molecule has 28 heavy (non-hydrogen) atoms. The number of sulfonamides is 1. The van der Waals surface area contributed by atoms with Gasteiger partial charge in [0.1, 0.15) is 5.82 Å². The van der Waals surface area contributed by atoms with Gasteiger partial charge in [0.25, 0.3) is 0 Å². The maximum absolute atomic E-state index is 12.8. The van der Waals surface area contributed by atoms with E-state index in [2.05, 4.69) is 10.3 Å². The predicted octanol–water partition coefficient (Wildman–Crippen LogP) is 3.95. The van der Waals surface area contributed by atoms with Crippen LogP contribution in [0.1, 0.15) is 31.2 Å². The number of halogens is 1. The maximum Gasteiger partial charge on any atom is 0.249 e. The lowest BCUT2D eigenvalue weighted by atomic mass is 10.2. The molecule has 1 N–H and O–H groups in total. The third-order valence-electron chi connectivity index (χ3n) is 4.49. The Morgan fingerprint density at radius 2 is 1.71 bits per heavy atom. The van der Waals surface area contributed by atoms with Crippen molar-refractivity contribution in [1.29, 1.82) is 0 Å². The van der Waals surface area contributed by atoms with Crippen molar-refractivity contribution < 1.29 is 13.2 Å². The minimum Gasteiger partial charge on any atom is -0.307 e. The number of nitrogens with zero attached hydrogens (tertiary/aromatic N) is 2. The van der Waals surface area contributed by atoms with E-state index in [4.69, 9.17) is 11.6 Å². The van der Waals surface area contributed by atoms with E-state index in [9.17, 15) is 13.2 Å². The van der Waals surface area contributed by atoms with E-state index < -0.39 is 10.0 Å². The third kappa shape index (κ3) is 5.41. The molecule has 1 aliphatic rings. The van der Waals surface area contributed by atoms with Crippen LogP contribution in [0.25, 0.3) is 6.08 Å². The molecule has 0 radical (unpaired) electrons. The number of pyridine rings is 1. The zero-order chi connectivity index (χ0) is 20.0. The number of nitrogens with one attached hydrogen (secondary N) is 1. The molecule has 148 valence electrons. The number of rotatable bonds is 5. The minimum absolute atomic E-state index is 0.279. The summed E-state index contributed by atoms with van der Waals surface area (Å²) in [6.07, 6.45) is 8.38. The molecule has 0 atom stereocenters. The van der Waals surface area contributed by atoms with E-state index in [1.807, 2.05) is 0 Å². The molecule has 8 heteroatoms. The van der Waals surface area contributed by atoms with Crippen LogP contribution >= 0.6 is 11.6 Å². The lowest BCUT2D eigenvalue weighted by molar-refractivity contribution is -0.111. The van der Waals surface area contributed by atoms with Gasteiger partial charge in [-0.05, 0) is 48.7 Å². The Balaban J connectivity index is 1.64. The minimum atomic E-state index is -3.47. The highest BCUT2D eigenvalue weighted by molar-refractivity contribution is 7.89. The first kappa shape index (κ1) is 20.5. The van der Waals surface area contributed by atoms with Crippen molar-refractivity contribution in [2.24, 2.45) is 0 Å². The van der Waals surface area contributed by atoms with Crippen molar-refractivity contribution in [2.45, 2.75) is 30.6 Å². The molecule has 1 aromatic heterocycles. The van der Waals surface area contributed by atoms with Crippen molar-refractivity contribution in [3.63, 3.8) is 0 Å². The fraction of sp³-hybridized carbons (Fsp3) is 0.300. The molecule has 0 unspecified atom stereocenters. The Kier molecular flexibility index (Phi) is 6.83. The van der Waals surface area contributed by atoms with Gasteiger partial charge >= 0.3 is 0 Å². The number of carbonyl (C=O) groups excluding carboxylic acids is 1. The van der Waals surface area contributed by atoms with Crippen LogP contribution in [0.5, 0.6) is 0 Å². The van der Waals surface area contributed by atoms with Gasteiger partial charge in [-0.25, -0.2) is 13.4 Å². The number of carbonyl (C=O) groups is 1. The van der Waals surface area contributed by atoms with Gasteiger partial charge in [-0.2, -0.15) is 4.31 Å². The first-order valence-corrected chi connectivity index (χ1v) is 11.0. The van der Waals surface area contributed by atoms with E-state index in [-0.39, 0.29) is 10.8 Å². The van der Waals surface area contributed by atoms with E-state index in [0.717, 1.165) is 31.2 Å². The van der Waals surface area contributed by atoms with Crippen molar-refractivity contribution in [1.82, 2.24) is 9.29 Å². The Morgan fingerprint density at radius 1 is 1.04 bits per heavy atom. The van der Waals surface area contributed by atoms with Crippen molar-refractivity contribution in [3.8, 4) is 0 Å². The number of anilines is 1. The summed E-state index contributed by atoms with van der Waals surface area (Å²) in [5, 5.41) is 3.12. The Bertz CT molecular complexity index is 934. The zero-order valence-electron chi connectivity index (χ0n) is 15.3. The third-order valence-corrected chi connectivity index (χ3v) is 6.63. The number of benzene rings is 1. The second-order valence-electron chi connectivity index (χ2n) is 6.57. The lowest BCUT2D eigenvalue weighted by Gasteiger charge is -2.19. The molecule has 2 heterocycles. The topological polar surface area (TPSA) is 79.4 Å². The van der Waals surface area contributed by atoms with Crippen LogP contribution in [0.15, 0.2) is 53.6 Å². The molecule has 1 amide bonds. The van der Waals surface area contributed by atoms with Gasteiger partial charge in [0.05, 0.1) is 9.92 Å². The van der Waals surface area contributed by atoms with Crippen molar-refractivity contribution in [2.75, 3.05) is 18.4 Å². The molecular formula is C20H22ClN3O3S. The fourth-order valence-corrected chi connectivity index (χ4v) is 4.60. The molecule has 0 saturated carbocycles. The second-order valence-corrected chi connectivity index (χ2v) is 8.95. The second kappa shape index (κ2) is 9.32. The molecule has 1 saturated heterocycles. The predicted molar refractivity (Wildman–Crippen MR) is 111 cm³/mol. The fourth-order valence-electron chi connectivity index (χ4n) is 2.97. The first-order chi connectivity index (χ1) is 13.4. The van der Waals surface area contributed by atoms with Gasteiger partial charge < -0.3 is 5.32 Å². The van der Waals surface area contributed by atoms with Crippen LogP contribution in [0.3, 0.4) is 0 Å². The summed E-state index contributed by atoms with van der Waals surface area (Å²) in [6, 6.07) is 9.79. The van der Waals surface area contributed by atoms with E-state index in [0.29, 0.717) is 23.9 Å². The summed E-state index contributed by atoms with van der Waals surface area (Å²) in [5.74, 6) is 0.0639. The summed E-state index contributed by atoms with van der Waals surface area (Å²) in [7, 11) is -3.47. The van der Waals surface area contributed by atoms with Crippen LogP contribution in [-0.2, 0) is 14.8 Å². The number of amides is 1. The smallest absolute Gasteiger partial charge is 0.249 e. The van der Waals surface area contributed by atoms with Gasteiger partial charge in [0.2, 0.25) is 15.9 Å². The van der Waals surface area contributed by atoms with Gasteiger partial charge in [-0.3, -0.25) is 4.79 Å². The molecule has 1 aromatic carbocycles. The monoisotopic (exact) mass is 419 g/mol. The standard InChI is InChI=1S/C20H22ClN3O3S/c21-17-8-11-19(22-15-17)23-20(25)12-7-16-5-9-18(10-6-16)28(26,27)24-13-3-1-2-4-14-24/h5-12,15H,1-4,13-14H2,(H,22,23,25)/b12-7+. The highest BCUT2D eigenvalue weighted by Crippen LogP contribution is 2.21. The van der Waals surface area contributed by atoms with Crippen molar-refractivity contribution >= 4 is 39.4 Å². The molecule has 3 rings (SSSR count). The van der Waals surface area contributed by atoms with Crippen molar-refractivity contribution in [3.05, 3.63) is 59.3 Å². The van der Waals surface area contributed by atoms with E-state index in [1.54, 1.807) is 46.8 Å². The summed E-state index contributed by atoms with van der Waals surface area (Å²) in [5.41, 5.74) is 0.731. The Hall–Kier alpha value is -2.22. The molecule has 0 bridgehead atoms. The summed E-state index contributed by atoms with van der Waals surface area (Å²) in [6.45, 7) is 1.14. The van der Waals surface area contributed by atoms with Crippen LogP contribution in [0.4, 0.5) is 5.82 Å². The van der Waals surface area contributed by atoms with Gasteiger partial charge in [0, 0.05) is 25.4 Å². The molecule has 0 aliphatic carbocycles. The average molecular weight is 420 g/mol. The maximum atomic E-state index is 12.8. The number of hydrogen-bond acceptors (Lipinski definition) is 4. The molecule has 1 fully saturated rings. The lowest BCUT2D eigenvalue weighted by Crippen LogP contribution is -2.31. The Labute approximate surface area is 170 Å². The number of aromatic nitrogens is 1.